The molecule has 0 unspecified atom stereocenters. The number of thiazole rings is 1. The Labute approximate surface area is 208 Å². The Kier molecular flexibility index (Phi) is 5.34. The summed E-state index contributed by atoms with van der Waals surface area (Å²) in [7, 11) is 3.18. The van der Waals surface area contributed by atoms with Gasteiger partial charge in [-0.2, -0.15) is 14.6 Å². The summed E-state index contributed by atoms with van der Waals surface area (Å²) in [6.45, 7) is 0. The first-order valence-corrected chi connectivity index (χ1v) is 11.8. The highest BCUT2D eigenvalue weighted by Crippen LogP contribution is 2.33. The Morgan fingerprint density at radius 1 is 0.972 bits per heavy atom. The van der Waals surface area contributed by atoms with Crippen molar-refractivity contribution >= 4 is 22.4 Å². The fourth-order valence-electron chi connectivity index (χ4n) is 3.90. The quantitative estimate of drug-likeness (QED) is 0.345. The highest BCUT2D eigenvalue weighted by molar-refractivity contribution is 7.15. The van der Waals surface area contributed by atoms with Gasteiger partial charge < -0.3 is 13.9 Å². The third kappa shape index (κ3) is 3.73. The average molecular weight is 498 g/mol. The van der Waals surface area contributed by atoms with Gasteiger partial charge in [0.2, 0.25) is 10.8 Å². The molecule has 0 N–H and O–H groups in total. The van der Waals surface area contributed by atoms with Crippen LogP contribution in [0.2, 0.25) is 0 Å². The van der Waals surface area contributed by atoms with Crippen LogP contribution in [0, 0.1) is 0 Å². The van der Waals surface area contributed by atoms with Crippen LogP contribution in [0.4, 0.5) is 0 Å². The van der Waals surface area contributed by atoms with Gasteiger partial charge in [-0.25, -0.2) is 4.68 Å². The van der Waals surface area contributed by atoms with Crippen molar-refractivity contribution in [1.29, 1.82) is 0 Å². The number of fused-ring (bicyclic) bond motifs is 1. The Hall–Kier alpha value is -4.70. The molecule has 0 saturated heterocycles. The van der Waals surface area contributed by atoms with Crippen LogP contribution in [0.1, 0.15) is 5.56 Å². The van der Waals surface area contributed by atoms with Crippen molar-refractivity contribution in [3.8, 4) is 40.0 Å². The Morgan fingerprint density at radius 2 is 1.81 bits per heavy atom. The predicted molar refractivity (Wildman–Crippen MR) is 136 cm³/mol. The molecule has 0 bridgehead atoms. The highest BCUT2D eigenvalue weighted by Gasteiger charge is 2.17. The van der Waals surface area contributed by atoms with Crippen molar-refractivity contribution < 1.29 is 13.9 Å². The number of furan rings is 1. The van der Waals surface area contributed by atoms with Crippen molar-refractivity contribution in [2.45, 2.75) is 0 Å². The molecule has 10 heteroatoms. The van der Waals surface area contributed by atoms with Gasteiger partial charge in [-0.15, -0.1) is 5.10 Å². The van der Waals surface area contributed by atoms with Crippen LogP contribution in [0.3, 0.4) is 0 Å². The number of rotatable bonds is 6. The summed E-state index contributed by atoms with van der Waals surface area (Å²) in [6, 6.07) is 18.9. The van der Waals surface area contributed by atoms with E-state index in [1.165, 1.54) is 15.9 Å². The van der Waals surface area contributed by atoms with E-state index in [0.29, 0.717) is 38.3 Å². The lowest BCUT2D eigenvalue weighted by Gasteiger charge is -2.09. The lowest BCUT2D eigenvalue weighted by molar-refractivity contribution is 0.355. The van der Waals surface area contributed by atoms with E-state index >= 15 is 0 Å². The molecule has 0 atom stereocenters. The summed E-state index contributed by atoms with van der Waals surface area (Å²) in [5.41, 5.74) is 2.91. The van der Waals surface area contributed by atoms with Crippen molar-refractivity contribution in [2.24, 2.45) is 0 Å². The van der Waals surface area contributed by atoms with E-state index in [1.807, 2.05) is 60.8 Å². The first-order valence-electron chi connectivity index (χ1n) is 11.0. The average Bonchev–Trinajstić information content (AvgIpc) is 3.71. The summed E-state index contributed by atoms with van der Waals surface area (Å²) in [4.78, 5) is 18.1. The lowest BCUT2D eigenvalue weighted by atomic mass is 10.1. The maximum Gasteiger partial charge on any atom is 0.291 e. The minimum Gasteiger partial charge on any atom is -0.493 e. The van der Waals surface area contributed by atoms with Gasteiger partial charge >= 0.3 is 0 Å². The number of ether oxygens (including phenoxy) is 2. The Morgan fingerprint density at radius 3 is 2.53 bits per heavy atom. The van der Waals surface area contributed by atoms with Crippen LogP contribution in [0.25, 0.3) is 39.6 Å². The van der Waals surface area contributed by atoms with Crippen LogP contribution in [0.5, 0.6) is 11.5 Å². The summed E-state index contributed by atoms with van der Waals surface area (Å²) in [5.74, 6) is 2.09. The number of methoxy groups -OCH3 is 2. The normalized spacial score (nSPS) is 11.9. The summed E-state index contributed by atoms with van der Waals surface area (Å²) in [5, 5.41) is 9.17. The minimum absolute atomic E-state index is 0.258. The fourth-order valence-corrected chi connectivity index (χ4v) is 4.80. The van der Waals surface area contributed by atoms with Gasteiger partial charge in [-0.1, -0.05) is 29.5 Å². The van der Waals surface area contributed by atoms with E-state index < -0.39 is 0 Å². The maximum atomic E-state index is 13.2. The molecule has 0 amide bonds. The van der Waals surface area contributed by atoms with Crippen molar-refractivity contribution in [3.63, 3.8) is 0 Å². The smallest absolute Gasteiger partial charge is 0.291 e. The number of aromatic nitrogens is 5. The summed E-state index contributed by atoms with van der Waals surface area (Å²) in [6.07, 6.45) is 5.25. The van der Waals surface area contributed by atoms with E-state index in [1.54, 1.807) is 37.3 Å². The second-order valence-corrected chi connectivity index (χ2v) is 8.81. The molecular formula is C26H19N5O4S. The van der Waals surface area contributed by atoms with Gasteiger partial charge in [0.05, 0.1) is 30.7 Å². The standard InChI is InChI=1S/C26H19N5O4S/c1-33-19-11-10-16(13-21(19)34-2)23-17(15-30(28-23)18-7-4-3-5-8-18)14-22-25(32)31-26(36-22)27-24(29-31)20-9-6-12-35-20/h3-15H,1-2H3. The number of benzene rings is 2. The third-order valence-corrected chi connectivity index (χ3v) is 6.59. The van der Waals surface area contributed by atoms with Crippen molar-refractivity contribution in [2.75, 3.05) is 14.2 Å². The summed E-state index contributed by atoms with van der Waals surface area (Å²) >= 11 is 1.26. The van der Waals surface area contributed by atoms with E-state index in [9.17, 15) is 4.79 Å². The molecule has 36 heavy (non-hydrogen) atoms. The van der Waals surface area contributed by atoms with Gasteiger partial charge in [0.1, 0.15) is 5.69 Å². The zero-order chi connectivity index (χ0) is 24.6. The Bertz CT molecular complexity index is 1790. The molecule has 0 aliphatic heterocycles. The van der Waals surface area contributed by atoms with Gasteiger partial charge in [0, 0.05) is 17.3 Å². The highest BCUT2D eigenvalue weighted by atomic mass is 32.1. The first-order chi connectivity index (χ1) is 17.6. The number of nitrogens with zero attached hydrogens (tertiary/aromatic N) is 5. The lowest BCUT2D eigenvalue weighted by Crippen LogP contribution is -2.23. The Balaban J connectivity index is 1.51. The molecule has 4 heterocycles. The second-order valence-electron chi connectivity index (χ2n) is 7.81. The number of para-hydroxylation sites is 1. The zero-order valence-electron chi connectivity index (χ0n) is 19.3. The van der Waals surface area contributed by atoms with Gasteiger partial charge in [-0.05, 0) is 48.5 Å². The largest absolute Gasteiger partial charge is 0.493 e. The molecule has 9 nitrogen and oxygen atoms in total. The molecule has 6 rings (SSSR count). The predicted octanol–water partition coefficient (Wildman–Crippen LogP) is 3.83. The molecule has 0 fully saturated rings. The first kappa shape index (κ1) is 21.8. The molecular weight excluding hydrogens is 478 g/mol. The van der Waals surface area contributed by atoms with E-state index in [4.69, 9.17) is 19.0 Å². The van der Waals surface area contributed by atoms with E-state index in [-0.39, 0.29) is 5.56 Å². The molecule has 6 aromatic rings. The molecule has 4 aromatic heterocycles. The van der Waals surface area contributed by atoms with Gasteiger partial charge in [0.25, 0.3) is 5.56 Å². The topological polar surface area (TPSA) is 96.7 Å². The molecule has 2 aromatic carbocycles. The molecule has 0 aliphatic rings. The van der Waals surface area contributed by atoms with E-state index in [2.05, 4.69) is 10.1 Å². The molecule has 0 spiro atoms. The third-order valence-electron chi connectivity index (χ3n) is 5.63. The second kappa shape index (κ2) is 8.82. The zero-order valence-corrected chi connectivity index (χ0v) is 20.1. The minimum atomic E-state index is -0.258. The SMILES string of the molecule is COc1ccc(-c2nn(-c3ccccc3)cc2C=c2sc3nc(-c4ccco4)nn3c2=O)cc1OC. The number of hydrogen-bond acceptors (Lipinski definition) is 8. The summed E-state index contributed by atoms with van der Waals surface area (Å²) < 4.78 is 19.8. The van der Waals surface area contributed by atoms with Gasteiger partial charge in [0.15, 0.2) is 17.3 Å². The van der Waals surface area contributed by atoms with Crippen LogP contribution in [-0.4, -0.2) is 38.6 Å². The molecule has 0 aliphatic carbocycles. The fraction of sp³-hybridized carbons (Fsp3) is 0.0769. The van der Waals surface area contributed by atoms with Crippen LogP contribution >= 0.6 is 11.3 Å². The van der Waals surface area contributed by atoms with Crippen LogP contribution in [0.15, 0.2) is 82.3 Å². The molecule has 0 saturated carbocycles. The van der Waals surface area contributed by atoms with Crippen molar-refractivity contribution in [3.05, 3.63) is 93.6 Å². The monoisotopic (exact) mass is 497 g/mol. The van der Waals surface area contributed by atoms with Crippen LogP contribution < -0.4 is 19.6 Å². The maximum absolute atomic E-state index is 13.2. The van der Waals surface area contributed by atoms with Crippen molar-refractivity contribution in [1.82, 2.24) is 24.4 Å². The van der Waals surface area contributed by atoms with Crippen LogP contribution in [-0.2, 0) is 0 Å². The molecule has 0 radical (unpaired) electrons. The van der Waals surface area contributed by atoms with Gasteiger partial charge in [-0.3, -0.25) is 4.79 Å². The van der Waals surface area contributed by atoms with E-state index in [0.717, 1.165) is 16.8 Å². The number of hydrogen-bond donors (Lipinski definition) is 0. The molecule has 178 valence electrons.